The molecule has 5 rings (SSSR count). The van der Waals surface area contributed by atoms with Crippen molar-refractivity contribution < 1.29 is 13.2 Å². The van der Waals surface area contributed by atoms with Crippen LogP contribution in [0.15, 0.2) is 67.4 Å². The van der Waals surface area contributed by atoms with Crippen molar-refractivity contribution >= 4 is 28.2 Å². The lowest BCUT2D eigenvalue weighted by Crippen LogP contribution is -2.13. The van der Waals surface area contributed by atoms with E-state index >= 15 is 0 Å². The van der Waals surface area contributed by atoms with Crippen molar-refractivity contribution in [2.24, 2.45) is 0 Å². The van der Waals surface area contributed by atoms with Crippen molar-refractivity contribution in [2.75, 3.05) is 0 Å². The standard InChI is InChI=1S/C21H13ClF3N5/c22-18-16(5-9-29-15(11-21(23,24)25)12-28-19(18)29)13-2-3-17-14(10-13)4-8-30(17)20-26-6-1-7-27-20/h1-10,12H,11H2. The zero-order valence-corrected chi connectivity index (χ0v) is 16.1. The maximum atomic E-state index is 12.8. The molecule has 30 heavy (non-hydrogen) atoms. The molecule has 5 nitrogen and oxygen atoms in total. The normalized spacial score (nSPS) is 12.1. The lowest BCUT2D eigenvalue weighted by Gasteiger charge is -2.10. The number of rotatable bonds is 3. The van der Waals surface area contributed by atoms with Gasteiger partial charge in [0.2, 0.25) is 5.95 Å². The molecule has 0 aliphatic rings. The van der Waals surface area contributed by atoms with Gasteiger partial charge in [-0.2, -0.15) is 13.2 Å². The third-order valence-corrected chi connectivity index (χ3v) is 5.22. The number of hydrogen-bond acceptors (Lipinski definition) is 3. The van der Waals surface area contributed by atoms with Crippen molar-refractivity contribution in [1.29, 1.82) is 0 Å². The summed E-state index contributed by atoms with van der Waals surface area (Å²) in [6, 6.07) is 11.2. The number of aromatic nitrogens is 5. The summed E-state index contributed by atoms with van der Waals surface area (Å²) in [7, 11) is 0. The quantitative estimate of drug-likeness (QED) is 0.382. The molecule has 9 heteroatoms. The molecule has 1 aromatic carbocycles. The highest BCUT2D eigenvalue weighted by atomic mass is 35.5. The Balaban J connectivity index is 1.58. The second-order valence-corrected chi connectivity index (χ2v) is 7.16. The second-order valence-electron chi connectivity index (χ2n) is 6.79. The van der Waals surface area contributed by atoms with Gasteiger partial charge in [0.15, 0.2) is 5.65 Å². The van der Waals surface area contributed by atoms with E-state index in [4.69, 9.17) is 11.6 Å². The molecule has 0 aliphatic carbocycles. The molecule has 4 aromatic heterocycles. The van der Waals surface area contributed by atoms with Gasteiger partial charge in [0.05, 0.1) is 22.7 Å². The molecule has 0 spiro atoms. The van der Waals surface area contributed by atoms with E-state index < -0.39 is 12.6 Å². The van der Waals surface area contributed by atoms with Crippen LogP contribution in [0.1, 0.15) is 5.69 Å². The van der Waals surface area contributed by atoms with Gasteiger partial charge in [-0.25, -0.2) is 15.0 Å². The van der Waals surface area contributed by atoms with Crippen molar-refractivity contribution in [3.8, 4) is 17.1 Å². The maximum Gasteiger partial charge on any atom is 0.394 e. The van der Waals surface area contributed by atoms with Crippen LogP contribution in [-0.4, -0.2) is 30.1 Å². The molecule has 0 saturated heterocycles. The fourth-order valence-corrected chi connectivity index (χ4v) is 3.84. The average Bonchev–Trinajstić information content (AvgIpc) is 3.32. The summed E-state index contributed by atoms with van der Waals surface area (Å²) in [5.41, 5.74) is 2.79. The fraction of sp³-hybridized carbons (Fsp3) is 0.0952. The van der Waals surface area contributed by atoms with Crippen molar-refractivity contribution in [1.82, 2.24) is 23.9 Å². The number of nitrogens with zero attached hydrogens (tertiary/aromatic N) is 5. The number of halogens is 4. The zero-order valence-electron chi connectivity index (χ0n) is 15.3. The Kier molecular flexibility index (Phi) is 4.25. The van der Waals surface area contributed by atoms with E-state index in [0.717, 1.165) is 16.5 Å². The number of fused-ring (bicyclic) bond motifs is 2. The number of hydrogen-bond donors (Lipinski definition) is 0. The third kappa shape index (κ3) is 3.19. The van der Waals surface area contributed by atoms with Crippen LogP contribution >= 0.6 is 11.6 Å². The van der Waals surface area contributed by atoms with Gasteiger partial charge < -0.3 is 4.40 Å². The van der Waals surface area contributed by atoms with Crippen LogP contribution < -0.4 is 0 Å². The maximum absolute atomic E-state index is 12.8. The highest BCUT2D eigenvalue weighted by Crippen LogP contribution is 2.34. The summed E-state index contributed by atoms with van der Waals surface area (Å²) >= 11 is 6.52. The molecular weight excluding hydrogens is 415 g/mol. The first kappa shape index (κ1) is 18.6. The fourth-order valence-electron chi connectivity index (χ4n) is 3.53. The molecule has 0 aliphatic heterocycles. The predicted octanol–water partition coefficient (Wildman–Crippen LogP) is 5.49. The monoisotopic (exact) mass is 427 g/mol. The summed E-state index contributed by atoms with van der Waals surface area (Å²) in [6.45, 7) is 0. The Morgan fingerprint density at radius 2 is 1.77 bits per heavy atom. The molecule has 0 atom stereocenters. The van der Waals surface area contributed by atoms with Crippen LogP contribution in [0.25, 0.3) is 33.6 Å². The Labute approximate surface area is 173 Å². The number of alkyl halides is 3. The molecule has 0 N–H and O–H groups in total. The van der Waals surface area contributed by atoms with Crippen LogP contribution in [0.2, 0.25) is 5.02 Å². The van der Waals surface area contributed by atoms with Crippen LogP contribution in [0.4, 0.5) is 13.2 Å². The minimum absolute atomic E-state index is 0.0429. The summed E-state index contributed by atoms with van der Waals surface area (Å²) in [4.78, 5) is 12.6. The topological polar surface area (TPSA) is 48.0 Å². The van der Waals surface area contributed by atoms with E-state index in [2.05, 4.69) is 15.0 Å². The largest absolute Gasteiger partial charge is 0.394 e. The van der Waals surface area contributed by atoms with E-state index in [1.54, 1.807) is 30.7 Å². The SMILES string of the molecule is FC(F)(F)Cc1cnc2c(Cl)c(-c3ccc4c(ccn4-c4ncccn4)c3)ccn12. The van der Waals surface area contributed by atoms with Gasteiger partial charge in [-0.3, -0.25) is 4.57 Å². The van der Waals surface area contributed by atoms with E-state index in [0.29, 0.717) is 22.2 Å². The van der Waals surface area contributed by atoms with Crippen LogP contribution in [-0.2, 0) is 6.42 Å². The predicted molar refractivity (Wildman–Crippen MR) is 108 cm³/mol. The Morgan fingerprint density at radius 3 is 2.53 bits per heavy atom. The van der Waals surface area contributed by atoms with Gasteiger partial charge in [0.25, 0.3) is 0 Å². The third-order valence-electron chi connectivity index (χ3n) is 4.85. The highest BCUT2D eigenvalue weighted by molar-refractivity contribution is 6.36. The molecule has 0 fully saturated rings. The van der Waals surface area contributed by atoms with Gasteiger partial charge in [-0.15, -0.1) is 0 Å². The zero-order chi connectivity index (χ0) is 20.9. The van der Waals surface area contributed by atoms with E-state index in [1.165, 1.54) is 10.6 Å². The lowest BCUT2D eigenvalue weighted by molar-refractivity contribution is -0.127. The molecule has 0 amide bonds. The average molecular weight is 428 g/mol. The van der Waals surface area contributed by atoms with Crippen LogP contribution in [0, 0.1) is 0 Å². The lowest BCUT2D eigenvalue weighted by atomic mass is 10.0. The Hall–Kier alpha value is -3.39. The molecule has 0 unspecified atom stereocenters. The second kappa shape index (κ2) is 6.84. The first-order chi connectivity index (χ1) is 14.4. The molecule has 0 saturated carbocycles. The first-order valence-electron chi connectivity index (χ1n) is 9.01. The highest BCUT2D eigenvalue weighted by Gasteiger charge is 2.29. The first-order valence-corrected chi connectivity index (χ1v) is 9.38. The molecule has 0 bridgehead atoms. The van der Waals surface area contributed by atoms with Gasteiger partial charge in [0.1, 0.15) is 0 Å². The summed E-state index contributed by atoms with van der Waals surface area (Å²) in [5.74, 6) is 0.564. The molecule has 5 aromatic rings. The minimum Gasteiger partial charge on any atom is -0.302 e. The van der Waals surface area contributed by atoms with Crippen molar-refractivity contribution in [3.05, 3.63) is 78.1 Å². The smallest absolute Gasteiger partial charge is 0.302 e. The molecular formula is C21H13ClF3N5. The summed E-state index contributed by atoms with van der Waals surface area (Å²) < 4.78 is 41.6. The Morgan fingerprint density at radius 1 is 0.967 bits per heavy atom. The minimum atomic E-state index is -4.32. The van der Waals surface area contributed by atoms with Crippen LogP contribution in [0.5, 0.6) is 0 Å². The van der Waals surface area contributed by atoms with Crippen molar-refractivity contribution in [3.63, 3.8) is 0 Å². The number of benzene rings is 1. The van der Waals surface area contributed by atoms with E-state index in [9.17, 15) is 13.2 Å². The van der Waals surface area contributed by atoms with Crippen LogP contribution in [0.3, 0.4) is 0 Å². The van der Waals surface area contributed by atoms with E-state index in [1.807, 2.05) is 35.0 Å². The molecule has 4 heterocycles. The van der Waals surface area contributed by atoms with Gasteiger partial charge in [-0.1, -0.05) is 17.7 Å². The summed E-state index contributed by atoms with van der Waals surface area (Å²) in [5, 5.41) is 1.26. The van der Waals surface area contributed by atoms with Gasteiger partial charge in [-0.05, 0) is 35.9 Å². The van der Waals surface area contributed by atoms with Gasteiger partial charge in [0, 0.05) is 41.9 Å². The number of imidazole rings is 1. The number of pyridine rings is 1. The Bertz CT molecular complexity index is 1370. The summed E-state index contributed by atoms with van der Waals surface area (Å²) in [6.07, 6.45) is 2.63. The van der Waals surface area contributed by atoms with E-state index in [-0.39, 0.29) is 5.69 Å². The molecule has 0 radical (unpaired) electrons. The van der Waals surface area contributed by atoms with Crippen molar-refractivity contribution in [2.45, 2.75) is 12.6 Å². The van der Waals surface area contributed by atoms with Gasteiger partial charge >= 0.3 is 6.18 Å². The molecule has 150 valence electrons.